The Morgan fingerprint density at radius 1 is 1.32 bits per heavy atom. The van der Waals surface area contributed by atoms with Crippen molar-refractivity contribution in [3.63, 3.8) is 0 Å². The number of nitrogens with zero attached hydrogens (tertiary/aromatic N) is 1. The van der Waals surface area contributed by atoms with E-state index in [0.29, 0.717) is 0 Å². The van der Waals surface area contributed by atoms with Gasteiger partial charge in [-0.25, -0.2) is 8.42 Å². The zero-order valence-electron chi connectivity index (χ0n) is 11.1. The van der Waals surface area contributed by atoms with E-state index in [1.807, 2.05) is 30.3 Å². The highest BCUT2D eigenvalue weighted by Crippen LogP contribution is 2.53. The van der Waals surface area contributed by atoms with Crippen LogP contribution in [0.4, 0.5) is 0 Å². The van der Waals surface area contributed by atoms with Crippen LogP contribution in [0.15, 0.2) is 24.3 Å². The lowest BCUT2D eigenvalue weighted by molar-refractivity contribution is 0.593. The number of hydrogen-bond donors (Lipinski definition) is 1. The predicted octanol–water partition coefficient (Wildman–Crippen LogP) is 1.37. The van der Waals surface area contributed by atoms with Crippen molar-refractivity contribution in [2.45, 2.75) is 37.0 Å². The zero-order valence-corrected chi connectivity index (χ0v) is 11.9. The smallest absolute Gasteiger partial charge is 0.156 e. The number of nitrogens with two attached hydrogens (primary N) is 1. The molecule has 3 atom stereocenters. The first-order valence-corrected chi connectivity index (χ1v) is 8.12. The largest absolute Gasteiger partial charge is 0.312 e. The molecule has 1 fully saturated rings. The van der Waals surface area contributed by atoms with Crippen molar-refractivity contribution in [2.24, 2.45) is 5.73 Å². The van der Waals surface area contributed by atoms with Gasteiger partial charge in [0.2, 0.25) is 0 Å². The Labute approximate surface area is 114 Å². The van der Waals surface area contributed by atoms with E-state index in [2.05, 4.69) is 6.92 Å². The molecule has 0 aliphatic heterocycles. The van der Waals surface area contributed by atoms with Crippen LogP contribution < -0.4 is 5.73 Å². The summed E-state index contributed by atoms with van der Waals surface area (Å²) in [5.41, 5.74) is 6.70. The summed E-state index contributed by atoms with van der Waals surface area (Å²) in [5.74, 6) is -0.393. The molecular formula is C14H18N2O2S. The summed E-state index contributed by atoms with van der Waals surface area (Å²) in [6, 6.07) is 9.67. The third-order valence-electron chi connectivity index (χ3n) is 3.91. The average Bonchev–Trinajstić information content (AvgIpc) is 3.07. The number of benzene rings is 1. The normalized spacial score (nSPS) is 29.8. The molecule has 1 saturated carbocycles. The maximum absolute atomic E-state index is 12.0. The van der Waals surface area contributed by atoms with Crippen molar-refractivity contribution in [1.29, 1.82) is 5.26 Å². The van der Waals surface area contributed by atoms with E-state index in [0.717, 1.165) is 12.0 Å². The molecule has 4 nitrogen and oxygen atoms in total. The monoisotopic (exact) mass is 278 g/mol. The molecule has 0 radical (unpaired) electrons. The van der Waals surface area contributed by atoms with Crippen LogP contribution in [0.3, 0.4) is 0 Å². The second-order valence-corrected chi connectivity index (χ2v) is 7.40. The topological polar surface area (TPSA) is 83.9 Å². The molecule has 0 unspecified atom stereocenters. The van der Waals surface area contributed by atoms with Gasteiger partial charge in [0.1, 0.15) is 10.8 Å². The van der Waals surface area contributed by atoms with Gasteiger partial charge in [-0.3, -0.25) is 0 Å². The van der Waals surface area contributed by atoms with Gasteiger partial charge >= 0.3 is 0 Å². The lowest BCUT2D eigenvalue weighted by Gasteiger charge is -2.02. The number of sulfone groups is 1. The van der Waals surface area contributed by atoms with Gasteiger partial charge in [-0.2, -0.15) is 5.26 Å². The summed E-state index contributed by atoms with van der Waals surface area (Å²) in [5, 5.41) is 8.41. The van der Waals surface area contributed by atoms with E-state index in [-0.39, 0.29) is 5.75 Å². The SMILES string of the molecule is CCc1ccc([C@@H]2[C@H](S(=O)(=O)CC)[C@@]2(N)C#N)cc1. The molecule has 0 saturated heterocycles. The van der Waals surface area contributed by atoms with Crippen LogP contribution in [-0.4, -0.2) is 25.0 Å². The summed E-state index contributed by atoms with van der Waals surface area (Å²) in [7, 11) is -3.31. The second-order valence-electron chi connectivity index (χ2n) is 4.99. The minimum atomic E-state index is -3.31. The van der Waals surface area contributed by atoms with Crippen molar-refractivity contribution in [1.82, 2.24) is 0 Å². The Bertz CT molecular complexity index is 616. The molecule has 1 aromatic carbocycles. The minimum Gasteiger partial charge on any atom is -0.312 e. The van der Waals surface area contributed by atoms with Crippen LogP contribution in [0.25, 0.3) is 0 Å². The lowest BCUT2D eigenvalue weighted by atomic mass is 10.0. The van der Waals surface area contributed by atoms with E-state index in [1.165, 1.54) is 5.56 Å². The summed E-state index contributed by atoms with van der Waals surface area (Å²) >= 11 is 0. The zero-order chi connectivity index (χ0) is 14.3. The number of hydrogen-bond acceptors (Lipinski definition) is 4. The molecule has 5 heteroatoms. The Balaban J connectivity index is 2.37. The maximum Gasteiger partial charge on any atom is 0.156 e. The summed E-state index contributed by atoms with van der Waals surface area (Å²) in [6.45, 7) is 3.64. The molecule has 102 valence electrons. The van der Waals surface area contributed by atoms with Crippen molar-refractivity contribution in [3.8, 4) is 6.07 Å². The molecule has 0 spiro atoms. The first-order chi connectivity index (χ1) is 8.90. The molecule has 2 N–H and O–H groups in total. The quantitative estimate of drug-likeness (QED) is 0.901. The number of rotatable bonds is 4. The van der Waals surface area contributed by atoms with Crippen LogP contribution >= 0.6 is 0 Å². The molecule has 0 heterocycles. The fraction of sp³-hybridized carbons (Fsp3) is 0.500. The lowest BCUT2D eigenvalue weighted by Crippen LogP contribution is -2.29. The van der Waals surface area contributed by atoms with Gasteiger partial charge in [0.05, 0.1) is 6.07 Å². The van der Waals surface area contributed by atoms with Crippen molar-refractivity contribution >= 4 is 9.84 Å². The van der Waals surface area contributed by atoms with Crippen molar-refractivity contribution in [3.05, 3.63) is 35.4 Å². The highest BCUT2D eigenvalue weighted by Gasteiger charge is 2.69. The van der Waals surface area contributed by atoms with Gasteiger partial charge in [-0.1, -0.05) is 38.1 Å². The molecule has 0 bridgehead atoms. The van der Waals surface area contributed by atoms with Crippen LogP contribution in [0, 0.1) is 11.3 Å². The molecule has 1 aromatic rings. The van der Waals surface area contributed by atoms with Crippen LogP contribution in [0.5, 0.6) is 0 Å². The van der Waals surface area contributed by atoms with Crippen molar-refractivity contribution < 1.29 is 8.42 Å². The molecular weight excluding hydrogens is 260 g/mol. The van der Waals surface area contributed by atoms with Crippen LogP contribution in [0.2, 0.25) is 0 Å². The fourth-order valence-corrected chi connectivity index (χ4v) is 4.47. The van der Waals surface area contributed by atoms with E-state index < -0.39 is 26.5 Å². The first kappa shape index (κ1) is 14.0. The van der Waals surface area contributed by atoms with Gasteiger partial charge in [-0.05, 0) is 17.5 Å². The van der Waals surface area contributed by atoms with Gasteiger partial charge in [0, 0.05) is 11.7 Å². The summed E-state index contributed by atoms with van der Waals surface area (Å²) < 4.78 is 24.0. The molecule has 0 amide bonds. The van der Waals surface area contributed by atoms with Gasteiger partial charge in [0.25, 0.3) is 0 Å². The maximum atomic E-state index is 12.0. The first-order valence-electron chi connectivity index (χ1n) is 6.41. The van der Waals surface area contributed by atoms with Gasteiger partial charge < -0.3 is 5.73 Å². The second kappa shape index (κ2) is 4.62. The standard InChI is InChI=1S/C14H18N2O2S/c1-3-10-5-7-11(8-6-10)12-13(14(12,16)9-15)19(17,18)4-2/h5-8,12-13H,3-4,16H2,1-2H3/t12-,13+,14-/m1/s1. The highest BCUT2D eigenvalue weighted by atomic mass is 32.2. The summed E-state index contributed by atoms with van der Waals surface area (Å²) in [6.07, 6.45) is 0.924. The van der Waals surface area contributed by atoms with E-state index in [9.17, 15) is 13.7 Å². The van der Waals surface area contributed by atoms with E-state index in [1.54, 1.807) is 6.92 Å². The molecule has 1 aliphatic carbocycles. The summed E-state index contributed by atoms with van der Waals surface area (Å²) in [4.78, 5) is 0. The van der Waals surface area contributed by atoms with Gasteiger partial charge in [0.15, 0.2) is 9.84 Å². The third kappa shape index (κ3) is 2.15. The molecule has 1 aliphatic rings. The van der Waals surface area contributed by atoms with E-state index >= 15 is 0 Å². The molecule has 0 aromatic heterocycles. The highest BCUT2D eigenvalue weighted by molar-refractivity contribution is 7.92. The number of aryl methyl sites for hydroxylation is 1. The molecule has 19 heavy (non-hydrogen) atoms. The minimum absolute atomic E-state index is 0.0157. The number of nitriles is 1. The van der Waals surface area contributed by atoms with Crippen molar-refractivity contribution in [2.75, 3.05) is 5.75 Å². The van der Waals surface area contributed by atoms with E-state index in [4.69, 9.17) is 5.73 Å². The Morgan fingerprint density at radius 2 is 1.89 bits per heavy atom. The Kier molecular flexibility index (Phi) is 3.41. The Morgan fingerprint density at radius 3 is 2.32 bits per heavy atom. The molecule has 2 rings (SSSR count). The average molecular weight is 278 g/mol. The Hall–Kier alpha value is -1.38. The third-order valence-corrected chi connectivity index (χ3v) is 6.15. The van der Waals surface area contributed by atoms with Crippen LogP contribution in [-0.2, 0) is 16.3 Å². The van der Waals surface area contributed by atoms with Crippen LogP contribution in [0.1, 0.15) is 30.9 Å². The fourth-order valence-electron chi connectivity index (χ4n) is 2.60. The predicted molar refractivity (Wildman–Crippen MR) is 74.3 cm³/mol. The van der Waals surface area contributed by atoms with Gasteiger partial charge in [-0.15, -0.1) is 0 Å².